The highest BCUT2D eigenvalue weighted by atomic mass is 16.5. The molecule has 2 atom stereocenters. The normalized spacial score (nSPS) is 19.0. The van der Waals surface area contributed by atoms with Crippen LogP contribution in [0.2, 0.25) is 0 Å². The Kier molecular flexibility index (Phi) is 7.91. The first kappa shape index (κ1) is 22.1. The number of aromatic amines is 1. The summed E-state index contributed by atoms with van der Waals surface area (Å²) in [7, 11) is 1.56. The third-order valence-electron chi connectivity index (χ3n) is 4.90. The minimum atomic E-state index is -0.144. The number of carbonyl (C=O) groups excluding carboxylic acids is 1. The second-order valence-corrected chi connectivity index (χ2v) is 6.98. The Bertz CT molecular complexity index is 873. The van der Waals surface area contributed by atoms with Gasteiger partial charge in [0.05, 0.1) is 0 Å². The van der Waals surface area contributed by atoms with E-state index in [-0.39, 0.29) is 11.7 Å². The van der Waals surface area contributed by atoms with Gasteiger partial charge in [-0.1, -0.05) is 25.6 Å². The lowest BCUT2D eigenvalue weighted by molar-refractivity contribution is -0.116. The first-order chi connectivity index (χ1) is 13.9. The molecular weight excluding hydrogens is 368 g/mol. The molecule has 0 bridgehead atoms. The van der Waals surface area contributed by atoms with Crippen LogP contribution in [0.1, 0.15) is 36.1 Å². The molecule has 1 saturated heterocycles. The molecule has 1 aromatic carbocycles. The molecule has 2 heterocycles. The van der Waals surface area contributed by atoms with Crippen molar-refractivity contribution in [1.29, 1.82) is 0 Å². The second kappa shape index (κ2) is 10.4. The van der Waals surface area contributed by atoms with E-state index in [1.165, 1.54) is 6.08 Å². The highest BCUT2D eigenvalue weighted by molar-refractivity contribution is 5.86. The molecular formula is C22H30N4O3. The molecule has 2 aromatic rings. The van der Waals surface area contributed by atoms with Gasteiger partial charge in [0.15, 0.2) is 0 Å². The van der Waals surface area contributed by atoms with Crippen molar-refractivity contribution in [2.24, 2.45) is 11.7 Å². The molecule has 1 aliphatic heterocycles. The Labute approximate surface area is 171 Å². The average Bonchev–Trinajstić information content (AvgIpc) is 3.08. The van der Waals surface area contributed by atoms with Gasteiger partial charge in [-0.25, -0.2) is 0 Å². The quantitative estimate of drug-likeness (QED) is 0.506. The molecule has 0 spiro atoms. The van der Waals surface area contributed by atoms with Gasteiger partial charge >= 0.3 is 0 Å². The second-order valence-electron chi connectivity index (χ2n) is 6.98. The maximum Gasteiger partial charge on any atom is 0.243 e. The number of phenols is 1. The molecule has 2 unspecified atom stereocenters. The number of anilines is 1. The van der Waals surface area contributed by atoms with Gasteiger partial charge in [0.2, 0.25) is 5.91 Å². The van der Waals surface area contributed by atoms with Crippen LogP contribution in [0.25, 0.3) is 11.8 Å². The van der Waals surface area contributed by atoms with E-state index < -0.39 is 0 Å². The topological polar surface area (TPSA) is 126 Å². The van der Waals surface area contributed by atoms with Gasteiger partial charge in [0, 0.05) is 48.7 Å². The molecule has 156 valence electrons. The van der Waals surface area contributed by atoms with Crippen LogP contribution in [0.5, 0.6) is 5.75 Å². The number of H-pyrrole nitrogens is 1. The van der Waals surface area contributed by atoms with E-state index in [0.717, 1.165) is 30.9 Å². The number of nitrogens with one attached hydrogen (secondary N) is 2. The van der Waals surface area contributed by atoms with Crippen LogP contribution in [0.3, 0.4) is 0 Å². The molecule has 1 aliphatic rings. The van der Waals surface area contributed by atoms with E-state index in [9.17, 15) is 9.90 Å². The smallest absolute Gasteiger partial charge is 0.243 e. The Hall–Kier alpha value is -3.19. The summed E-state index contributed by atoms with van der Waals surface area (Å²) in [6.45, 7) is 6.96. The minimum absolute atomic E-state index is 0.144. The summed E-state index contributed by atoms with van der Waals surface area (Å²) in [5.74, 6) is 1.48. The van der Waals surface area contributed by atoms with Gasteiger partial charge in [0.1, 0.15) is 11.6 Å². The number of aromatic nitrogens is 1. The van der Waals surface area contributed by atoms with Crippen LogP contribution >= 0.6 is 0 Å². The molecule has 3 rings (SSSR count). The fraction of sp³-hybridized carbons (Fsp3) is 0.318. The SMILES string of the molecule is C=CC(=O)NC.CC1COCCC1c1cc(/C=C(\N)c2ccccc2O)c(N)[nH]1. The van der Waals surface area contributed by atoms with E-state index in [0.29, 0.717) is 28.9 Å². The van der Waals surface area contributed by atoms with E-state index in [2.05, 4.69) is 29.9 Å². The number of phenolic OH excluding ortho intramolecular Hbond substituents is 1. The lowest BCUT2D eigenvalue weighted by Crippen LogP contribution is -2.23. The fourth-order valence-electron chi connectivity index (χ4n) is 3.24. The summed E-state index contributed by atoms with van der Waals surface area (Å²) in [5, 5.41) is 12.3. The summed E-state index contributed by atoms with van der Waals surface area (Å²) >= 11 is 0. The molecule has 7 nitrogen and oxygen atoms in total. The summed E-state index contributed by atoms with van der Waals surface area (Å²) in [6, 6.07) is 9.05. The zero-order valence-corrected chi connectivity index (χ0v) is 16.9. The predicted molar refractivity (Wildman–Crippen MR) is 117 cm³/mol. The van der Waals surface area contributed by atoms with Crippen LogP contribution in [-0.2, 0) is 9.53 Å². The fourth-order valence-corrected chi connectivity index (χ4v) is 3.24. The summed E-state index contributed by atoms with van der Waals surface area (Å²) in [4.78, 5) is 13.2. The van der Waals surface area contributed by atoms with Crippen LogP contribution in [0, 0.1) is 5.92 Å². The molecule has 0 radical (unpaired) electrons. The van der Waals surface area contributed by atoms with Crippen molar-refractivity contribution in [3.63, 3.8) is 0 Å². The number of likely N-dealkylation sites (N-methyl/N-ethyl adjacent to an activating group) is 1. The van der Waals surface area contributed by atoms with Gasteiger partial charge in [-0.3, -0.25) is 4.79 Å². The van der Waals surface area contributed by atoms with E-state index in [1.807, 2.05) is 6.07 Å². The third-order valence-corrected chi connectivity index (χ3v) is 4.90. The standard InChI is InChI=1S/C18H23N3O2.C4H7NO/c1-11-10-23-7-6-13(11)16-9-12(18(20)21-16)8-15(19)14-4-2-3-5-17(14)22;1-3-4(6)5-2/h2-5,8-9,11,13,21-22H,6-7,10,19-20H2,1H3;3H,1H2,2H3,(H,5,6)/b15-8-;. The Balaban J connectivity index is 0.000000438. The van der Waals surface area contributed by atoms with Crippen molar-refractivity contribution < 1.29 is 14.6 Å². The summed E-state index contributed by atoms with van der Waals surface area (Å²) in [5.41, 5.74) is 15.3. The molecule has 0 aliphatic carbocycles. The third kappa shape index (κ3) is 5.89. The summed E-state index contributed by atoms with van der Waals surface area (Å²) < 4.78 is 5.50. The number of ether oxygens (including phenoxy) is 1. The van der Waals surface area contributed by atoms with Gasteiger partial charge in [-0.2, -0.15) is 0 Å². The number of para-hydroxylation sites is 1. The van der Waals surface area contributed by atoms with Gasteiger partial charge in [0.25, 0.3) is 0 Å². The molecule has 7 heteroatoms. The number of hydrogen-bond donors (Lipinski definition) is 5. The number of nitrogen functional groups attached to an aromatic ring is 1. The largest absolute Gasteiger partial charge is 0.507 e. The average molecular weight is 399 g/mol. The Morgan fingerprint density at radius 3 is 2.72 bits per heavy atom. The van der Waals surface area contributed by atoms with Crippen molar-refractivity contribution in [1.82, 2.24) is 10.3 Å². The monoisotopic (exact) mass is 398 g/mol. The molecule has 1 fully saturated rings. The lowest BCUT2D eigenvalue weighted by Gasteiger charge is -2.28. The van der Waals surface area contributed by atoms with Crippen molar-refractivity contribution >= 4 is 23.5 Å². The first-order valence-electron chi connectivity index (χ1n) is 9.53. The van der Waals surface area contributed by atoms with Crippen molar-refractivity contribution in [2.75, 3.05) is 26.0 Å². The van der Waals surface area contributed by atoms with Crippen LogP contribution < -0.4 is 16.8 Å². The zero-order chi connectivity index (χ0) is 21.4. The van der Waals surface area contributed by atoms with Gasteiger partial charge < -0.3 is 31.6 Å². The minimum Gasteiger partial charge on any atom is -0.507 e. The molecule has 29 heavy (non-hydrogen) atoms. The van der Waals surface area contributed by atoms with Crippen LogP contribution in [-0.4, -0.2) is 36.3 Å². The molecule has 0 saturated carbocycles. The first-order valence-corrected chi connectivity index (χ1v) is 9.53. The number of aromatic hydroxyl groups is 1. The molecule has 1 aromatic heterocycles. The number of benzene rings is 1. The molecule has 1 amide bonds. The number of rotatable bonds is 4. The Morgan fingerprint density at radius 2 is 2.14 bits per heavy atom. The van der Waals surface area contributed by atoms with Crippen molar-refractivity contribution in [3.05, 3.63) is 59.8 Å². The number of carbonyl (C=O) groups is 1. The van der Waals surface area contributed by atoms with Crippen LogP contribution in [0.15, 0.2) is 43.0 Å². The maximum atomic E-state index is 9.95. The van der Waals surface area contributed by atoms with E-state index in [1.54, 1.807) is 31.3 Å². The van der Waals surface area contributed by atoms with Crippen LogP contribution in [0.4, 0.5) is 5.82 Å². The van der Waals surface area contributed by atoms with Crippen molar-refractivity contribution in [3.8, 4) is 5.75 Å². The number of nitrogens with two attached hydrogens (primary N) is 2. The number of hydrogen-bond acceptors (Lipinski definition) is 5. The Morgan fingerprint density at radius 1 is 1.41 bits per heavy atom. The summed E-state index contributed by atoms with van der Waals surface area (Å²) in [6.07, 6.45) is 4.01. The highest BCUT2D eigenvalue weighted by Crippen LogP contribution is 2.34. The predicted octanol–water partition coefficient (Wildman–Crippen LogP) is 2.82. The number of amides is 1. The van der Waals surface area contributed by atoms with Gasteiger partial charge in [-0.05, 0) is 42.7 Å². The maximum absolute atomic E-state index is 9.95. The van der Waals surface area contributed by atoms with Gasteiger partial charge in [-0.15, -0.1) is 0 Å². The van der Waals surface area contributed by atoms with E-state index >= 15 is 0 Å². The van der Waals surface area contributed by atoms with Crippen molar-refractivity contribution in [2.45, 2.75) is 19.3 Å². The highest BCUT2D eigenvalue weighted by Gasteiger charge is 2.25. The van der Waals surface area contributed by atoms with E-state index in [4.69, 9.17) is 16.2 Å². The lowest BCUT2D eigenvalue weighted by atomic mass is 9.87. The molecule has 7 N–H and O–H groups in total. The zero-order valence-electron chi connectivity index (χ0n) is 16.9.